The number of carbonyl (C=O) groups is 2. The topological polar surface area (TPSA) is 55.4 Å². The van der Waals surface area contributed by atoms with Gasteiger partial charge in [-0.1, -0.05) is 29.3 Å². The standard InChI is InChI=1S/C18H17ClFNO3/c1-10-4-5-11(2)14(8-10)18(23)24-12(3)17(22)21-16-7-6-13(20)9-15(16)19/h4-9,12H,1-3H3,(H,21,22)/t12-/m1/s1. The van der Waals surface area contributed by atoms with Gasteiger partial charge >= 0.3 is 5.97 Å². The molecule has 1 amide bonds. The highest BCUT2D eigenvalue weighted by Crippen LogP contribution is 2.23. The van der Waals surface area contributed by atoms with Crippen molar-refractivity contribution in [2.75, 3.05) is 5.32 Å². The quantitative estimate of drug-likeness (QED) is 0.838. The molecule has 0 bridgehead atoms. The van der Waals surface area contributed by atoms with E-state index in [1.807, 2.05) is 19.1 Å². The lowest BCUT2D eigenvalue weighted by Crippen LogP contribution is -2.30. The number of nitrogens with one attached hydrogen (secondary N) is 1. The van der Waals surface area contributed by atoms with E-state index in [0.29, 0.717) is 5.56 Å². The van der Waals surface area contributed by atoms with E-state index in [2.05, 4.69) is 5.32 Å². The minimum absolute atomic E-state index is 0.0661. The summed E-state index contributed by atoms with van der Waals surface area (Å²) in [5.41, 5.74) is 2.34. The number of halogens is 2. The Balaban J connectivity index is 2.05. The van der Waals surface area contributed by atoms with Crippen molar-refractivity contribution in [2.45, 2.75) is 26.9 Å². The fraction of sp³-hybridized carbons (Fsp3) is 0.222. The van der Waals surface area contributed by atoms with Crippen LogP contribution in [0.1, 0.15) is 28.4 Å². The van der Waals surface area contributed by atoms with Crippen LogP contribution in [0.4, 0.5) is 10.1 Å². The average molecular weight is 350 g/mol. The van der Waals surface area contributed by atoms with Crippen LogP contribution >= 0.6 is 11.6 Å². The van der Waals surface area contributed by atoms with Gasteiger partial charge in [-0.15, -0.1) is 0 Å². The summed E-state index contributed by atoms with van der Waals surface area (Å²) < 4.78 is 18.2. The van der Waals surface area contributed by atoms with E-state index in [4.69, 9.17) is 16.3 Å². The maximum absolute atomic E-state index is 13.0. The Morgan fingerprint density at radius 2 is 1.88 bits per heavy atom. The monoisotopic (exact) mass is 349 g/mol. The molecular weight excluding hydrogens is 333 g/mol. The van der Waals surface area contributed by atoms with E-state index in [9.17, 15) is 14.0 Å². The maximum Gasteiger partial charge on any atom is 0.339 e. The molecule has 2 aromatic rings. The van der Waals surface area contributed by atoms with E-state index in [0.717, 1.165) is 17.2 Å². The van der Waals surface area contributed by atoms with Crippen LogP contribution in [0, 0.1) is 19.7 Å². The highest BCUT2D eigenvalue weighted by molar-refractivity contribution is 6.33. The van der Waals surface area contributed by atoms with Gasteiger partial charge in [0.15, 0.2) is 6.10 Å². The third kappa shape index (κ3) is 4.32. The van der Waals surface area contributed by atoms with Crippen molar-refractivity contribution in [1.82, 2.24) is 0 Å². The molecule has 126 valence electrons. The number of benzene rings is 2. The molecule has 0 radical (unpaired) electrons. The second-order valence-electron chi connectivity index (χ2n) is 5.48. The Bertz CT molecular complexity index is 792. The Morgan fingerprint density at radius 1 is 1.17 bits per heavy atom. The van der Waals surface area contributed by atoms with Crippen molar-refractivity contribution in [3.05, 3.63) is 63.9 Å². The molecule has 24 heavy (non-hydrogen) atoms. The van der Waals surface area contributed by atoms with Crippen LogP contribution in [0.15, 0.2) is 36.4 Å². The molecular formula is C18H17ClFNO3. The van der Waals surface area contributed by atoms with E-state index < -0.39 is 23.8 Å². The molecule has 0 aliphatic carbocycles. The van der Waals surface area contributed by atoms with Gasteiger partial charge in [-0.05, 0) is 50.6 Å². The first-order chi connectivity index (χ1) is 11.3. The summed E-state index contributed by atoms with van der Waals surface area (Å²) in [7, 11) is 0. The van der Waals surface area contributed by atoms with E-state index in [1.54, 1.807) is 13.0 Å². The molecule has 0 fully saturated rings. The molecule has 2 aromatic carbocycles. The number of rotatable bonds is 4. The first-order valence-corrected chi connectivity index (χ1v) is 7.70. The molecule has 0 spiro atoms. The largest absolute Gasteiger partial charge is 0.449 e. The zero-order valence-corrected chi connectivity index (χ0v) is 14.3. The maximum atomic E-state index is 13.0. The van der Waals surface area contributed by atoms with Crippen molar-refractivity contribution < 1.29 is 18.7 Å². The molecule has 6 heteroatoms. The van der Waals surface area contributed by atoms with Crippen LogP contribution in [0.5, 0.6) is 0 Å². The zero-order valence-electron chi connectivity index (χ0n) is 13.5. The van der Waals surface area contributed by atoms with E-state index in [-0.39, 0.29) is 10.7 Å². The molecule has 0 unspecified atom stereocenters. The summed E-state index contributed by atoms with van der Waals surface area (Å²) in [5, 5.41) is 2.57. The number of ether oxygens (including phenoxy) is 1. The van der Waals surface area contributed by atoms with Crippen molar-refractivity contribution in [3.63, 3.8) is 0 Å². The molecule has 0 aliphatic heterocycles. The predicted octanol–water partition coefficient (Wildman–Crippen LogP) is 4.28. The Labute approximate surface area is 144 Å². The fourth-order valence-electron chi connectivity index (χ4n) is 2.06. The third-order valence-corrected chi connectivity index (χ3v) is 3.77. The van der Waals surface area contributed by atoms with Crippen LogP contribution in [-0.4, -0.2) is 18.0 Å². The minimum atomic E-state index is -1.03. The average Bonchev–Trinajstić information content (AvgIpc) is 2.52. The second kappa shape index (κ2) is 7.45. The number of amides is 1. The van der Waals surface area contributed by atoms with Crippen LogP contribution in [-0.2, 0) is 9.53 Å². The van der Waals surface area contributed by atoms with Gasteiger partial charge in [0.05, 0.1) is 16.3 Å². The van der Waals surface area contributed by atoms with Crippen LogP contribution < -0.4 is 5.32 Å². The molecule has 0 saturated carbocycles. The SMILES string of the molecule is Cc1ccc(C)c(C(=O)O[C@H](C)C(=O)Nc2ccc(F)cc2Cl)c1. The molecule has 0 aromatic heterocycles. The fourth-order valence-corrected chi connectivity index (χ4v) is 2.27. The van der Waals surface area contributed by atoms with E-state index >= 15 is 0 Å². The van der Waals surface area contributed by atoms with E-state index in [1.165, 1.54) is 19.1 Å². The Hall–Kier alpha value is -2.40. The van der Waals surface area contributed by atoms with Gasteiger partial charge in [-0.3, -0.25) is 4.79 Å². The lowest BCUT2D eigenvalue weighted by molar-refractivity contribution is -0.123. The minimum Gasteiger partial charge on any atom is -0.449 e. The van der Waals surface area contributed by atoms with Crippen LogP contribution in [0.2, 0.25) is 5.02 Å². The molecule has 4 nitrogen and oxygen atoms in total. The molecule has 0 aliphatic rings. The predicted molar refractivity (Wildman–Crippen MR) is 90.8 cm³/mol. The number of hydrogen-bond acceptors (Lipinski definition) is 3. The summed E-state index contributed by atoms with van der Waals surface area (Å²) in [4.78, 5) is 24.3. The lowest BCUT2D eigenvalue weighted by Gasteiger charge is -2.15. The van der Waals surface area contributed by atoms with Gasteiger partial charge in [-0.25, -0.2) is 9.18 Å². The Kier molecular flexibility index (Phi) is 5.57. The highest BCUT2D eigenvalue weighted by Gasteiger charge is 2.21. The number of anilines is 1. The van der Waals surface area contributed by atoms with Gasteiger partial charge in [0, 0.05) is 0 Å². The van der Waals surface area contributed by atoms with Crippen molar-refractivity contribution in [1.29, 1.82) is 0 Å². The summed E-state index contributed by atoms with van der Waals surface area (Å²) in [5.74, 6) is -1.64. The summed E-state index contributed by atoms with van der Waals surface area (Å²) in [6.07, 6.45) is -1.03. The molecule has 1 atom stereocenters. The van der Waals surface area contributed by atoms with Gasteiger partial charge in [0.2, 0.25) is 0 Å². The first kappa shape index (κ1) is 17.9. The number of carbonyl (C=O) groups excluding carboxylic acids is 2. The Morgan fingerprint density at radius 3 is 2.54 bits per heavy atom. The van der Waals surface area contributed by atoms with Gasteiger partial charge in [0.1, 0.15) is 5.82 Å². The zero-order chi connectivity index (χ0) is 17.9. The van der Waals surface area contributed by atoms with Gasteiger partial charge in [0.25, 0.3) is 5.91 Å². The lowest BCUT2D eigenvalue weighted by atomic mass is 10.1. The molecule has 2 rings (SSSR count). The highest BCUT2D eigenvalue weighted by atomic mass is 35.5. The molecule has 0 heterocycles. The molecule has 0 saturated heterocycles. The number of aryl methyl sites for hydroxylation is 2. The van der Waals surface area contributed by atoms with Gasteiger partial charge < -0.3 is 10.1 Å². The van der Waals surface area contributed by atoms with Gasteiger partial charge in [-0.2, -0.15) is 0 Å². The number of hydrogen-bond donors (Lipinski definition) is 1. The van der Waals surface area contributed by atoms with Crippen LogP contribution in [0.25, 0.3) is 0 Å². The third-order valence-electron chi connectivity index (χ3n) is 3.46. The molecule has 1 N–H and O–H groups in total. The normalized spacial score (nSPS) is 11.7. The summed E-state index contributed by atoms with van der Waals surface area (Å²) in [6, 6.07) is 9.01. The first-order valence-electron chi connectivity index (χ1n) is 7.32. The van der Waals surface area contributed by atoms with Crippen molar-refractivity contribution in [2.24, 2.45) is 0 Å². The summed E-state index contributed by atoms with van der Waals surface area (Å²) >= 11 is 5.86. The number of esters is 1. The smallest absolute Gasteiger partial charge is 0.339 e. The van der Waals surface area contributed by atoms with Crippen molar-refractivity contribution in [3.8, 4) is 0 Å². The van der Waals surface area contributed by atoms with Crippen molar-refractivity contribution >= 4 is 29.2 Å². The second-order valence-corrected chi connectivity index (χ2v) is 5.89. The van der Waals surface area contributed by atoms with Crippen LogP contribution in [0.3, 0.4) is 0 Å². The summed E-state index contributed by atoms with van der Waals surface area (Å²) in [6.45, 7) is 5.11.